The summed E-state index contributed by atoms with van der Waals surface area (Å²) in [6, 6.07) is 5.54. The number of hydrogen-bond acceptors (Lipinski definition) is 4. The van der Waals surface area contributed by atoms with E-state index in [2.05, 4.69) is 36.2 Å². The Balaban J connectivity index is 2.09. The second-order valence-corrected chi connectivity index (χ2v) is 5.49. The first kappa shape index (κ1) is 14.5. The molecule has 0 atom stereocenters. The van der Waals surface area contributed by atoms with E-state index in [1.54, 1.807) is 25.6 Å². The molecule has 0 aliphatic heterocycles. The standard InChI is InChI=1S/C15H13BrN4O2/c1-8(21)19-12-5-9(3-4-17-12)14-13(16)15-11(20-14)6-10(22-2)7-18-15/h3-7,20H,1-2H3,(H,17,19,21). The van der Waals surface area contributed by atoms with Gasteiger partial charge < -0.3 is 15.0 Å². The van der Waals surface area contributed by atoms with Crippen molar-refractivity contribution in [2.45, 2.75) is 6.92 Å². The molecule has 1 amide bonds. The Kier molecular flexibility index (Phi) is 3.81. The van der Waals surface area contributed by atoms with Gasteiger partial charge in [-0.1, -0.05) is 0 Å². The van der Waals surface area contributed by atoms with Gasteiger partial charge >= 0.3 is 0 Å². The smallest absolute Gasteiger partial charge is 0.222 e. The van der Waals surface area contributed by atoms with Crippen molar-refractivity contribution in [1.29, 1.82) is 0 Å². The van der Waals surface area contributed by atoms with Crippen LogP contribution in [0.5, 0.6) is 5.75 Å². The highest BCUT2D eigenvalue weighted by Gasteiger charge is 2.13. The van der Waals surface area contributed by atoms with Gasteiger partial charge in [0.05, 0.1) is 29.0 Å². The molecule has 3 aromatic rings. The molecule has 3 heterocycles. The molecule has 0 aliphatic carbocycles. The largest absolute Gasteiger partial charge is 0.495 e. The number of anilines is 1. The number of nitrogens with zero attached hydrogens (tertiary/aromatic N) is 2. The SMILES string of the molecule is COc1cnc2c(Br)c(-c3ccnc(NC(C)=O)c3)[nH]c2c1. The molecule has 0 spiro atoms. The number of nitrogens with one attached hydrogen (secondary N) is 2. The first-order valence-corrected chi connectivity index (χ1v) is 7.33. The number of methoxy groups -OCH3 is 1. The summed E-state index contributed by atoms with van der Waals surface area (Å²) in [7, 11) is 1.60. The third-order valence-corrected chi connectivity index (χ3v) is 3.91. The van der Waals surface area contributed by atoms with Gasteiger partial charge in [0.1, 0.15) is 17.1 Å². The maximum Gasteiger partial charge on any atom is 0.222 e. The lowest BCUT2D eigenvalue weighted by Gasteiger charge is -2.04. The molecule has 3 aromatic heterocycles. The first-order valence-electron chi connectivity index (χ1n) is 6.53. The van der Waals surface area contributed by atoms with E-state index in [4.69, 9.17) is 4.74 Å². The van der Waals surface area contributed by atoms with Gasteiger partial charge in [-0.2, -0.15) is 0 Å². The number of carbonyl (C=O) groups excluding carboxylic acids is 1. The van der Waals surface area contributed by atoms with E-state index in [0.29, 0.717) is 11.6 Å². The Morgan fingerprint density at radius 3 is 2.91 bits per heavy atom. The molecule has 0 aromatic carbocycles. The quantitative estimate of drug-likeness (QED) is 0.750. The van der Waals surface area contributed by atoms with Gasteiger partial charge in [0.25, 0.3) is 0 Å². The Bertz CT molecular complexity index is 860. The Hall–Kier alpha value is -2.41. The zero-order chi connectivity index (χ0) is 15.7. The van der Waals surface area contributed by atoms with Crippen molar-refractivity contribution in [3.05, 3.63) is 35.1 Å². The zero-order valence-electron chi connectivity index (χ0n) is 12.0. The van der Waals surface area contributed by atoms with Crippen LogP contribution in [0, 0.1) is 0 Å². The minimum absolute atomic E-state index is 0.160. The van der Waals surface area contributed by atoms with Gasteiger partial charge in [-0.05, 0) is 28.1 Å². The Morgan fingerprint density at radius 2 is 2.18 bits per heavy atom. The maximum absolute atomic E-state index is 11.1. The lowest BCUT2D eigenvalue weighted by Crippen LogP contribution is -2.07. The van der Waals surface area contributed by atoms with Gasteiger partial charge in [-0.25, -0.2) is 9.97 Å². The lowest BCUT2D eigenvalue weighted by molar-refractivity contribution is -0.114. The second kappa shape index (κ2) is 5.76. The molecule has 0 bridgehead atoms. The average molecular weight is 361 g/mol. The molecule has 3 rings (SSSR count). The summed E-state index contributed by atoms with van der Waals surface area (Å²) in [6.45, 7) is 1.45. The van der Waals surface area contributed by atoms with Gasteiger partial charge in [-0.15, -0.1) is 0 Å². The summed E-state index contributed by atoms with van der Waals surface area (Å²) in [5.74, 6) is 1.02. The molecule has 0 radical (unpaired) electrons. The van der Waals surface area contributed by atoms with E-state index in [-0.39, 0.29) is 5.91 Å². The minimum atomic E-state index is -0.160. The van der Waals surface area contributed by atoms with Gasteiger partial charge in [0, 0.05) is 24.8 Å². The van der Waals surface area contributed by atoms with Crippen molar-refractivity contribution in [2.75, 3.05) is 12.4 Å². The summed E-state index contributed by atoms with van der Waals surface area (Å²) in [6.07, 6.45) is 3.31. The van der Waals surface area contributed by atoms with Crippen molar-refractivity contribution in [2.24, 2.45) is 0 Å². The molecule has 6 nitrogen and oxygen atoms in total. The van der Waals surface area contributed by atoms with Crippen molar-refractivity contribution in [3.8, 4) is 17.0 Å². The number of aromatic nitrogens is 3. The van der Waals surface area contributed by atoms with E-state index >= 15 is 0 Å². The van der Waals surface area contributed by atoms with E-state index in [9.17, 15) is 4.79 Å². The summed E-state index contributed by atoms with van der Waals surface area (Å²) < 4.78 is 6.04. The molecule has 0 saturated carbocycles. The number of hydrogen-bond donors (Lipinski definition) is 2. The molecule has 2 N–H and O–H groups in total. The average Bonchev–Trinajstić information content (AvgIpc) is 2.83. The topological polar surface area (TPSA) is 79.9 Å². The molecule has 0 fully saturated rings. The van der Waals surface area contributed by atoms with Gasteiger partial charge in [-0.3, -0.25) is 4.79 Å². The van der Waals surface area contributed by atoms with E-state index < -0.39 is 0 Å². The molecule has 22 heavy (non-hydrogen) atoms. The van der Waals surface area contributed by atoms with E-state index in [1.165, 1.54) is 6.92 Å². The van der Waals surface area contributed by atoms with Crippen LogP contribution in [0.15, 0.2) is 35.1 Å². The second-order valence-electron chi connectivity index (χ2n) is 4.70. The summed E-state index contributed by atoms with van der Waals surface area (Å²) in [4.78, 5) is 23.0. The van der Waals surface area contributed by atoms with Gasteiger partial charge in [0.15, 0.2) is 0 Å². The van der Waals surface area contributed by atoms with Gasteiger partial charge in [0.2, 0.25) is 5.91 Å². The third kappa shape index (κ3) is 2.67. The van der Waals surface area contributed by atoms with Crippen molar-refractivity contribution >= 4 is 38.7 Å². The van der Waals surface area contributed by atoms with Crippen LogP contribution in [0.25, 0.3) is 22.3 Å². The normalized spacial score (nSPS) is 10.7. The Labute approximate surface area is 135 Å². The number of carbonyl (C=O) groups is 1. The molecular weight excluding hydrogens is 348 g/mol. The van der Waals surface area contributed by atoms with Crippen molar-refractivity contribution < 1.29 is 9.53 Å². The summed E-state index contributed by atoms with van der Waals surface area (Å²) >= 11 is 3.57. The highest BCUT2D eigenvalue weighted by Crippen LogP contribution is 2.35. The van der Waals surface area contributed by atoms with Crippen molar-refractivity contribution in [3.63, 3.8) is 0 Å². The lowest BCUT2D eigenvalue weighted by atomic mass is 10.2. The molecule has 0 saturated heterocycles. The maximum atomic E-state index is 11.1. The van der Waals surface area contributed by atoms with Crippen LogP contribution in [0.4, 0.5) is 5.82 Å². The molecule has 0 aliphatic rings. The minimum Gasteiger partial charge on any atom is -0.495 e. The number of halogens is 1. The molecule has 0 unspecified atom stereocenters. The summed E-state index contributed by atoms with van der Waals surface area (Å²) in [5.41, 5.74) is 3.43. The summed E-state index contributed by atoms with van der Waals surface area (Å²) in [5, 5.41) is 2.67. The van der Waals surface area contributed by atoms with Crippen LogP contribution in [0.3, 0.4) is 0 Å². The number of H-pyrrole nitrogens is 1. The molecule has 7 heteroatoms. The third-order valence-electron chi connectivity index (χ3n) is 3.14. The fraction of sp³-hybridized carbons (Fsp3) is 0.133. The molecular formula is C15H13BrN4O2. The van der Waals surface area contributed by atoms with Crippen LogP contribution in [0.1, 0.15) is 6.92 Å². The zero-order valence-corrected chi connectivity index (χ0v) is 13.6. The fourth-order valence-corrected chi connectivity index (χ4v) is 2.81. The molecule has 112 valence electrons. The number of amides is 1. The monoisotopic (exact) mass is 360 g/mol. The van der Waals surface area contributed by atoms with Crippen LogP contribution >= 0.6 is 15.9 Å². The predicted molar refractivity (Wildman–Crippen MR) is 87.9 cm³/mol. The number of aromatic amines is 1. The highest BCUT2D eigenvalue weighted by atomic mass is 79.9. The van der Waals surface area contributed by atoms with E-state index in [0.717, 1.165) is 26.8 Å². The fourth-order valence-electron chi connectivity index (χ4n) is 2.17. The first-order chi connectivity index (χ1) is 10.6. The van der Waals surface area contributed by atoms with Crippen LogP contribution in [-0.4, -0.2) is 28.0 Å². The Morgan fingerprint density at radius 1 is 1.36 bits per heavy atom. The number of pyridine rings is 2. The van der Waals surface area contributed by atoms with E-state index in [1.807, 2.05) is 12.1 Å². The van der Waals surface area contributed by atoms with Crippen LogP contribution in [-0.2, 0) is 4.79 Å². The van der Waals surface area contributed by atoms with Crippen LogP contribution in [0.2, 0.25) is 0 Å². The highest BCUT2D eigenvalue weighted by molar-refractivity contribution is 9.10. The van der Waals surface area contributed by atoms with Crippen LogP contribution < -0.4 is 10.1 Å². The predicted octanol–water partition coefficient (Wildman–Crippen LogP) is 3.35. The number of fused-ring (bicyclic) bond motifs is 1. The number of rotatable bonds is 3. The number of ether oxygens (including phenoxy) is 1. The van der Waals surface area contributed by atoms with Crippen molar-refractivity contribution in [1.82, 2.24) is 15.0 Å².